The molecule has 27 heavy (non-hydrogen) atoms. The third kappa shape index (κ3) is 4.30. The summed E-state index contributed by atoms with van der Waals surface area (Å²) in [6.45, 7) is 0.651. The Bertz CT molecular complexity index is 961. The van der Waals surface area contributed by atoms with Crippen LogP contribution in [0.5, 0.6) is 0 Å². The summed E-state index contributed by atoms with van der Waals surface area (Å²) in [6, 6.07) is 23.6. The van der Waals surface area contributed by atoms with E-state index in [1.165, 1.54) is 0 Å². The predicted octanol–water partition coefficient (Wildman–Crippen LogP) is 5.47. The van der Waals surface area contributed by atoms with Crippen molar-refractivity contribution in [2.24, 2.45) is 0 Å². The van der Waals surface area contributed by atoms with Crippen LogP contribution in [-0.4, -0.2) is 15.0 Å². The first-order valence-corrected chi connectivity index (χ1v) is 8.99. The van der Waals surface area contributed by atoms with Crippen molar-refractivity contribution in [3.63, 3.8) is 0 Å². The maximum absolute atomic E-state index is 5.96. The van der Waals surface area contributed by atoms with Crippen LogP contribution < -0.4 is 5.32 Å². The molecule has 0 saturated heterocycles. The van der Waals surface area contributed by atoms with Crippen LogP contribution >= 0.6 is 11.6 Å². The molecule has 0 fully saturated rings. The molecular weight excluding hydrogens is 356 g/mol. The molecule has 0 unspecified atom stereocenters. The van der Waals surface area contributed by atoms with E-state index < -0.39 is 0 Å². The molecule has 0 bridgehead atoms. The largest absolute Gasteiger partial charge is 0.366 e. The summed E-state index contributed by atoms with van der Waals surface area (Å²) in [5, 5.41) is 4.12. The van der Waals surface area contributed by atoms with E-state index in [2.05, 4.69) is 10.3 Å². The Kier molecular flexibility index (Phi) is 5.08. The number of pyridine rings is 1. The molecule has 4 nitrogen and oxygen atoms in total. The molecule has 0 radical (unpaired) electrons. The molecule has 2 heterocycles. The lowest BCUT2D eigenvalue weighted by Crippen LogP contribution is -2.04. The van der Waals surface area contributed by atoms with Crippen LogP contribution in [0.1, 0.15) is 5.56 Å². The van der Waals surface area contributed by atoms with Gasteiger partial charge in [-0.15, -0.1) is 0 Å². The van der Waals surface area contributed by atoms with Gasteiger partial charge in [-0.3, -0.25) is 4.98 Å². The fourth-order valence-electron chi connectivity index (χ4n) is 2.72. The van der Waals surface area contributed by atoms with E-state index in [-0.39, 0.29) is 0 Å². The van der Waals surface area contributed by atoms with Crippen LogP contribution in [0.3, 0.4) is 0 Å². The van der Waals surface area contributed by atoms with E-state index in [4.69, 9.17) is 21.6 Å². The zero-order valence-corrected chi connectivity index (χ0v) is 15.3. The van der Waals surface area contributed by atoms with E-state index in [9.17, 15) is 0 Å². The highest BCUT2D eigenvalue weighted by Gasteiger charge is 2.09. The second kappa shape index (κ2) is 7.98. The fraction of sp³-hybridized carbons (Fsp3) is 0.0455. The monoisotopic (exact) mass is 372 g/mol. The van der Waals surface area contributed by atoms with Crippen molar-refractivity contribution in [2.75, 3.05) is 5.32 Å². The van der Waals surface area contributed by atoms with Gasteiger partial charge in [0.05, 0.1) is 5.69 Å². The molecule has 0 atom stereocenters. The Morgan fingerprint density at radius 3 is 2.26 bits per heavy atom. The van der Waals surface area contributed by atoms with E-state index in [1.807, 2.05) is 72.8 Å². The SMILES string of the molecule is Clc1ccc(CNc2cc(-c3ccncc3)nc(-c3ccccc3)n2)cc1. The molecule has 1 N–H and O–H groups in total. The molecule has 0 aliphatic rings. The number of halogens is 1. The van der Waals surface area contributed by atoms with Gasteiger partial charge in [-0.05, 0) is 29.8 Å². The molecule has 2 aromatic heterocycles. The van der Waals surface area contributed by atoms with Gasteiger partial charge < -0.3 is 5.32 Å². The summed E-state index contributed by atoms with van der Waals surface area (Å²) in [5.41, 5.74) is 3.96. The van der Waals surface area contributed by atoms with Gasteiger partial charge in [-0.1, -0.05) is 54.1 Å². The molecule has 0 amide bonds. The minimum absolute atomic E-state index is 0.651. The lowest BCUT2D eigenvalue weighted by molar-refractivity contribution is 1.09. The first-order chi connectivity index (χ1) is 13.3. The molecule has 0 saturated carbocycles. The van der Waals surface area contributed by atoms with Gasteiger partial charge in [0, 0.05) is 41.2 Å². The van der Waals surface area contributed by atoms with E-state index in [0.717, 1.165) is 33.2 Å². The predicted molar refractivity (Wildman–Crippen MR) is 109 cm³/mol. The molecular formula is C22H17ClN4. The third-order valence-corrected chi connectivity index (χ3v) is 4.37. The summed E-state index contributed by atoms with van der Waals surface area (Å²) in [6.07, 6.45) is 3.53. The highest BCUT2D eigenvalue weighted by atomic mass is 35.5. The van der Waals surface area contributed by atoms with Crippen molar-refractivity contribution in [2.45, 2.75) is 6.54 Å². The average molecular weight is 373 g/mol. The van der Waals surface area contributed by atoms with Gasteiger partial charge in [0.1, 0.15) is 5.82 Å². The van der Waals surface area contributed by atoms with E-state index in [0.29, 0.717) is 12.4 Å². The van der Waals surface area contributed by atoms with Gasteiger partial charge in [-0.2, -0.15) is 0 Å². The van der Waals surface area contributed by atoms with E-state index >= 15 is 0 Å². The smallest absolute Gasteiger partial charge is 0.162 e. The van der Waals surface area contributed by atoms with Gasteiger partial charge in [0.15, 0.2) is 5.82 Å². The van der Waals surface area contributed by atoms with Crippen molar-refractivity contribution in [1.82, 2.24) is 15.0 Å². The Balaban J connectivity index is 1.68. The minimum atomic E-state index is 0.651. The Morgan fingerprint density at radius 2 is 1.52 bits per heavy atom. The number of anilines is 1. The van der Waals surface area contributed by atoms with Gasteiger partial charge in [-0.25, -0.2) is 9.97 Å². The zero-order valence-electron chi connectivity index (χ0n) is 14.5. The second-order valence-corrected chi connectivity index (χ2v) is 6.48. The molecule has 0 aliphatic heterocycles. The summed E-state index contributed by atoms with van der Waals surface area (Å²) in [5.74, 6) is 1.45. The molecule has 0 spiro atoms. The highest BCUT2D eigenvalue weighted by Crippen LogP contribution is 2.24. The van der Waals surface area contributed by atoms with Crippen LogP contribution in [-0.2, 0) is 6.54 Å². The van der Waals surface area contributed by atoms with Crippen molar-refractivity contribution >= 4 is 17.4 Å². The number of hydrogen-bond acceptors (Lipinski definition) is 4. The third-order valence-electron chi connectivity index (χ3n) is 4.12. The number of aromatic nitrogens is 3. The number of nitrogens with one attached hydrogen (secondary N) is 1. The van der Waals surface area contributed by atoms with Crippen LogP contribution in [0.15, 0.2) is 85.2 Å². The molecule has 2 aromatic carbocycles. The molecule has 5 heteroatoms. The lowest BCUT2D eigenvalue weighted by Gasteiger charge is -2.11. The summed E-state index contributed by atoms with van der Waals surface area (Å²) >= 11 is 5.96. The van der Waals surface area contributed by atoms with Crippen LogP contribution in [0, 0.1) is 0 Å². The summed E-state index contributed by atoms with van der Waals surface area (Å²) < 4.78 is 0. The number of benzene rings is 2. The van der Waals surface area contributed by atoms with Gasteiger partial charge in [0.25, 0.3) is 0 Å². The molecule has 4 rings (SSSR count). The van der Waals surface area contributed by atoms with Crippen LogP contribution in [0.4, 0.5) is 5.82 Å². The first kappa shape index (κ1) is 17.2. The normalized spacial score (nSPS) is 10.6. The minimum Gasteiger partial charge on any atom is -0.366 e. The maximum Gasteiger partial charge on any atom is 0.162 e. The topological polar surface area (TPSA) is 50.7 Å². The Labute approximate surface area is 162 Å². The second-order valence-electron chi connectivity index (χ2n) is 6.04. The molecule has 132 valence electrons. The van der Waals surface area contributed by atoms with Crippen molar-refractivity contribution < 1.29 is 0 Å². The zero-order chi connectivity index (χ0) is 18.5. The van der Waals surface area contributed by atoms with Crippen molar-refractivity contribution in [1.29, 1.82) is 0 Å². The highest BCUT2D eigenvalue weighted by molar-refractivity contribution is 6.30. The maximum atomic E-state index is 5.96. The van der Waals surface area contributed by atoms with Crippen LogP contribution in [0.25, 0.3) is 22.6 Å². The number of hydrogen-bond donors (Lipinski definition) is 1. The Hall–Kier alpha value is -3.24. The molecule has 0 aliphatic carbocycles. The van der Waals surface area contributed by atoms with Crippen molar-refractivity contribution in [3.05, 3.63) is 95.8 Å². The van der Waals surface area contributed by atoms with Gasteiger partial charge in [0.2, 0.25) is 0 Å². The van der Waals surface area contributed by atoms with Crippen LogP contribution in [0.2, 0.25) is 5.02 Å². The summed E-state index contributed by atoms with van der Waals surface area (Å²) in [4.78, 5) is 13.5. The fourth-order valence-corrected chi connectivity index (χ4v) is 2.85. The summed E-state index contributed by atoms with van der Waals surface area (Å²) in [7, 11) is 0. The Morgan fingerprint density at radius 1 is 0.778 bits per heavy atom. The quantitative estimate of drug-likeness (QED) is 0.504. The number of rotatable bonds is 5. The first-order valence-electron chi connectivity index (χ1n) is 8.61. The lowest BCUT2D eigenvalue weighted by atomic mass is 10.1. The average Bonchev–Trinajstić information content (AvgIpc) is 2.74. The standard InChI is InChI=1S/C22H17ClN4/c23-19-8-6-16(7-9-19)15-25-21-14-20(17-10-12-24-13-11-17)26-22(27-21)18-4-2-1-3-5-18/h1-14H,15H2,(H,25,26,27). The van der Waals surface area contributed by atoms with E-state index in [1.54, 1.807) is 12.4 Å². The molecule has 4 aromatic rings. The number of nitrogens with zero attached hydrogens (tertiary/aromatic N) is 3. The van der Waals surface area contributed by atoms with Gasteiger partial charge >= 0.3 is 0 Å². The van der Waals surface area contributed by atoms with Crippen molar-refractivity contribution in [3.8, 4) is 22.6 Å².